The highest BCUT2D eigenvalue weighted by molar-refractivity contribution is 6.01. The van der Waals surface area contributed by atoms with Crippen LogP contribution in [-0.2, 0) is 0 Å². The summed E-state index contributed by atoms with van der Waals surface area (Å²) < 4.78 is 5.12. The van der Waals surface area contributed by atoms with Crippen molar-refractivity contribution >= 4 is 11.6 Å². The van der Waals surface area contributed by atoms with Crippen LogP contribution in [0.25, 0.3) is 0 Å². The number of hydrogen-bond donors (Lipinski definition) is 1. The van der Waals surface area contributed by atoms with Crippen LogP contribution in [0.1, 0.15) is 10.4 Å². The van der Waals surface area contributed by atoms with Gasteiger partial charge in [-0.15, -0.1) is 6.58 Å². The summed E-state index contributed by atoms with van der Waals surface area (Å²) >= 11 is 0. The van der Waals surface area contributed by atoms with E-state index in [1.54, 1.807) is 31.3 Å². The molecule has 0 aliphatic heterocycles. The van der Waals surface area contributed by atoms with Crippen LogP contribution in [0.4, 0.5) is 5.69 Å². The summed E-state index contributed by atoms with van der Waals surface area (Å²) in [6.45, 7) is 4.05. The molecule has 0 fully saturated rings. The normalized spacial score (nSPS) is 9.62. The molecular weight excluding hydrogens is 204 g/mol. The quantitative estimate of drug-likeness (QED) is 0.618. The van der Waals surface area contributed by atoms with Crippen LogP contribution in [0.15, 0.2) is 30.9 Å². The van der Waals surface area contributed by atoms with Gasteiger partial charge in [-0.2, -0.15) is 0 Å². The number of benzene rings is 1. The van der Waals surface area contributed by atoms with E-state index in [1.807, 2.05) is 0 Å². The molecule has 0 saturated heterocycles. The maximum absolute atomic E-state index is 12.1. The van der Waals surface area contributed by atoms with Crippen LogP contribution in [0, 0.1) is 0 Å². The zero-order valence-electron chi connectivity index (χ0n) is 9.56. The molecule has 1 amide bonds. The highest BCUT2D eigenvalue weighted by atomic mass is 16.5. The lowest BCUT2D eigenvalue weighted by molar-refractivity contribution is 0.0808. The van der Waals surface area contributed by atoms with E-state index in [2.05, 4.69) is 6.58 Å². The van der Waals surface area contributed by atoms with Gasteiger partial charge >= 0.3 is 0 Å². The standard InChI is InChI=1S/C12H16N2O2/c1-4-8-14(2)12(15)11-9(13)6-5-7-10(11)16-3/h4-7H,1,8,13H2,2-3H3. The number of anilines is 1. The van der Waals surface area contributed by atoms with Crippen molar-refractivity contribution in [2.75, 3.05) is 26.4 Å². The average Bonchev–Trinajstić information content (AvgIpc) is 2.28. The first kappa shape index (κ1) is 12.1. The van der Waals surface area contributed by atoms with Gasteiger partial charge in [0.15, 0.2) is 0 Å². The van der Waals surface area contributed by atoms with E-state index in [0.29, 0.717) is 23.5 Å². The molecule has 1 aromatic carbocycles. The summed E-state index contributed by atoms with van der Waals surface area (Å²) in [6, 6.07) is 5.14. The van der Waals surface area contributed by atoms with Gasteiger partial charge in [0, 0.05) is 19.3 Å². The minimum atomic E-state index is -0.171. The second-order valence-electron chi connectivity index (χ2n) is 3.40. The summed E-state index contributed by atoms with van der Waals surface area (Å²) in [5, 5.41) is 0. The molecule has 4 heteroatoms. The zero-order valence-corrected chi connectivity index (χ0v) is 9.56. The van der Waals surface area contributed by atoms with Crippen LogP contribution in [0.2, 0.25) is 0 Å². The summed E-state index contributed by atoms with van der Waals surface area (Å²) in [6.07, 6.45) is 1.66. The highest BCUT2D eigenvalue weighted by Gasteiger charge is 2.18. The molecule has 0 spiro atoms. The van der Waals surface area contributed by atoms with E-state index in [0.717, 1.165) is 0 Å². The Bertz CT molecular complexity index is 402. The topological polar surface area (TPSA) is 55.6 Å². The number of ether oxygens (including phenoxy) is 1. The van der Waals surface area contributed by atoms with E-state index in [-0.39, 0.29) is 5.91 Å². The van der Waals surface area contributed by atoms with Gasteiger partial charge < -0.3 is 15.4 Å². The van der Waals surface area contributed by atoms with E-state index in [4.69, 9.17) is 10.5 Å². The van der Waals surface area contributed by atoms with Crippen molar-refractivity contribution in [3.63, 3.8) is 0 Å². The smallest absolute Gasteiger partial charge is 0.259 e. The van der Waals surface area contributed by atoms with Crippen molar-refractivity contribution in [1.29, 1.82) is 0 Å². The maximum Gasteiger partial charge on any atom is 0.259 e. The highest BCUT2D eigenvalue weighted by Crippen LogP contribution is 2.25. The van der Waals surface area contributed by atoms with E-state index in [9.17, 15) is 4.79 Å². The maximum atomic E-state index is 12.1. The fraction of sp³-hybridized carbons (Fsp3) is 0.250. The number of nitrogens with zero attached hydrogens (tertiary/aromatic N) is 1. The predicted octanol–water partition coefficient (Wildman–Crippen LogP) is 1.54. The fourth-order valence-electron chi connectivity index (χ4n) is 1.41. The van der Waals surface area contributed by atoms with Crippen LogP contribution < -0.4 is 10.5 Å². The molecule has 0 unspecified atom stereocenters. The Hall–Kier alpha value is -1.97. The minimum Gasteiger partial charge on any atom is -0.496 e. The van der Waals surface area contributed by atoms with Crippen molar-refractivity contribution in [1.82, 2.24) is 4.90 Å². The largest absolute Gasteiger partial charge is 0.496 e. The van der Waals surface area contributed by atoms with Gasteiger partial charge in [-0.3, -0.25) is 4.79 Å². The number of nitrogen functional groups attached to an aromatic ring is 1. The van der Waals surface area contributed by atoms with E-state index in [1.165, 1.54) is 12.0 Å². The molecule has 0 saturated carbocycles. The molecule has 0 bridgehead atoms. The average molecular weight is 220 g/mol. The molecule has 0 aromatic heterocycles. The Kier molecular flexibility index (Phi) is 3.94. The Morgan fingerprint density at radius 1 is 1.62 bits per heavy atom. The van der Waals surface area contributed by atoms with Gasteiger partial charge in [0.2, 0.25) is 0 Å². The van der Waals surface area contributed by atoms with Gasteiger partial charge in [-0.25, -0.2) is 0 Å². The SMILES string of the molecule is C=CCN(C)C(=O)c1c(N)cccc1OC. The number of rotatable bonds is 4. The number of carbonyl (C=O) groups excluding carboxylic acids is 1. The van der Waals surface area contributed by atoms with Gasteiger partial charge in [-0.05, 0) is 12.1 Å². The number of hydrogen-bond acceptors (Lipinski definition) is 3. The van der Waals surface area contributed by atoms with Crippen molar-refractivity contribution in [2.24, 2.45) is 0 Å². The molecule has 16 heavy (non-hydrogen) atoms. The van der Waals surface area contributed by atoms with Crippen LogP contribution in [0.5, 0.6) is 5.75 Å². The summed E-state index contributed by atoms with van der Waals surface area (Å²) in [7, 11) is 3.20. The lowest BCUT2D eigenvalue weighted by Gasteiger charge is -2.18. The van der Waals surface area contributed by atoms with Gasteiger partial charge in [0.1, 0.15) is 11.3 Å². The first-order chi connectivity index (χ1) is 7.61. The van der Waals surface area contributed by atoms with Gasteiger partial charge in [0.25, 0.3) is 5.91 Å². The monoisotopic (exact) mass is 220 g/mol. The molecule has 0 atom stereocenters. The molecule has 0 heterocycles. The number of amides is 1. The Morgan fingerprint density at radius 3 is 2.88 bits per heavy atom. The van der Waals surface area contributed by atoms with Crippen molar-refractivity contribution in [3.8, 4) is 5.75 Å². The molecule has 0 radical (unpaired) electrons. The summed E-state index contributed by atoms with van der Waals surface area (Å²) in [5.41, 5.74) is 6.59. The number of nitrogens with two attached hydrogens (primary N) is 1. The third-order valence-electron chi connectivity index (χ3n) is 2.24. The minimum absolute atomic E-state index is 0.171. The molecule has 0 aliphatic rings. The van der Waals surface area contributed by atoms with Crippen LogP contribution >= 0.6 is 0 Å². The lowest BCUT2D eigenvalue weighted by Crippen LogP contribution is -2.27. The zero-order chi connectivity index (χ0) is 12.1. The Balaban J connectivity index is 3.11. The van der Waals surface area contributed by atoms with Gasteiger partial charge in [-0.1, -0.05) is 12.1 Å². The third-order valence-corrected chi connectivity index (χ3v) is 2.24. The summed E-state index contributed by atoms with van der Waals surface area (Å²) in [5.74, 6) is 0.316. The predicted molar refractivity (Wildman–Crippen MR) is 64.6 cm³/mol. The van der Waals surface area contributed by atoms with E-state index >= 15 is 0 Å². The lowest BCUT2D eigenvalue weighted by atomic mass is 10.1. The summed E-state index contributed by atoms with van der Waals surface area (Å²) in [4.78, 5) is 13.6. The first-order valence-electron chi connectivity index (χ1n) is 4.90. The molecule has 1 rings (SSSR count). The number of carbonyl (C=O) groups is 1. The molecule has 1 aromatic rings. The van der Waals surface area contributed by atoms with Gasteiger partial charge in [0.05, 0.1) is 7.11 Å². The molecular formula is C12H16N2O2. The molecule has 4 nitrogen and oxygen atoms in total. The molecule has 86 valence electrons. The van der Waals surface area contributed by atoms with Crippen LogP contribution in [-0.4, -0.2) is 31.5 Å². The third kappa shape index (κ3) is 2.34. The molecule has 2 N–H and O–H groups in total. The number of methoxy groups -OCH3 is 1. The van der Waals surface area contributed by atoms with Crippen molar-refractivity contribution in [2.45, 2.75) is 0 Å². The van der Waals surface area contributed by atoms with Crippen LogP contribution in [0.3, 0.4) is 0 Å². The Labute approximate surface area is 95.3 Å². The fourth-order valence-corrected chi connectivity index (χ4v) is 1.41. The second kappa shape index (κ2) is 5.21. The first-order valence-corrected chi connectivity index (χ1v) is 4.90. The second-order valence-corrected chi connectivity index (χ2v) is 3.40. The van der Waals surface area contributed by atoms with E-state index < -0.39 is 0 Å². The Morgan fingerprint density at radius 2 is 2.31 bits per heavy atom. The number of likely N-dealkylation sites (N-methyl/N-ethyl adjacent to an activating group) is 1. The van der Waals surface area contributed by atoms with Crippen molar-refractivity contribution < 1.29 is 9.53 Å². The van der Waals surface area contributed by atoms with Crippen molar-refractivity contribution in [3.05, 3.63) is 36.4 Å². The molecule has 0 aliphatic carbocycles.